The van der Waals surface area contributed by atoms with E-state index < -0.39 is 11.6 Å². The van der Waals surface area contributed by atoms with Crippen LogP contribution in [0.5, 0.6) is 0 Å². The molecule has 0 aromatic carbocycles. The fraction of sp³-hybridized carbons (Fsp3) is 0.846. The second kappa shape index (κ2) is 4.09. The van der Waals surface area contributed by atoms with E-state index in [2.05, 4.69) is 0 Å². The number of carbonyl (C=O) groups is 2. The summed E-state index contributed by atoms with van der Waals surface area (Å²) in [5, 5.41) is 9.76. The lowest BCUT2D eigenvalue weighted by molar-refractivity contribution is -0.150. The van der Waals surface area contributed by atoms with Crippen LogP contribution >= 0.6 is 0 Å². The number of nitrogens with zero attached hydrogens (tertiary/aromatic N) is 1. The molecule has 1 heterocycles. The molecular formula is C13H21NO3. The predicted molar refractivity (Wildman–Crippen MR) is 63.1 cm³/mol. The predicted octanol–water partition coefficient (Wildman–Crippen LogP) is 1.32. The van der Waals surface area contributed by atoms with Crippen LogP contribution in [0, 0.1) is 11.8 Å². The van der Waals surface area contributed by atoms with Crippen molar-refractivity contribution in [3.05, 3.63) is 0 Å². The van der Waals surface area contributed by atoms with Crippen molar-refractivity contribution in [3.8, 4) is 0 Å². The van der Waals surface area contributed by atoms with Crippen molar-refractivity contribution in [2.75, 3.05) is 0 Å². The van der Waals surface area contributed by atoms with Crippen molar-refractivity contribution >= 4 is 11.8 Å². The van der Waals surface area contributed by atoms with Gasteiger partial charge in [-0.2, -0.15) is 0 Å². The third-order valence-electron chi connectivity index (χ3n) is 4.44. The molecular weight excluding hydrogens is 218 g/mol. The van der Waals surface area contributed by atoms with E-state index in [4.69, 9.17) is 0 Å². The third kappa shape index (κ3) is 1.79. The Morgan fingerprint density at radius 2 is 1.59 bits per heavy atom. The summed E-state index contributed by atoms with van der Waals surface area (Å²) in [6.45, 7) is 5.14. The van der Waals surface area contributed by atoms with Crippen molar-refractivity contribution in [1.29, 1.82) is 0 Å². The Kier molecular flexibility index (Phi) is 3.02. The van der Waals surface area contributed by atoms with Crippen molar-refractivity contribution in [1.82, 2.24) is 4.90 Å². The van der Waals surface area contributed by atoms with Crippen molar-refractivity contribution in [2.45, 2.75) is 58.1 Å². The molecule has 4 nitrogen and oxygen atoms in total. The van der Waals surface area contributed by atoms with Gasteiger partial charge in [0.1, 0.15) is 0 Å². The van der Waals surface area contributed by atoms with Crippen LogP contribution in [0.2, 0.25) is 0 Å². The maximum Gasteiger partial charge on any atom is 0.233 e. The van der Waals surface area contributed by atoms with E-state index in [0.29, 0.717) is 0 Å². The van der Waals surface area contributed by atoms with Gasteiger partial charge in [0.25, 0.3) is 0 Å². The highest BCUT2D eigenvalue weighted by molar-refractivity contribution is 6.06. The largest absolute Gasteiger partial charge is 0.391 e. The lowest BCUT2D eigenvalue weighted by Crippen LogP contribution is -2.54. The SMILES string of the molecule is CC(O)C(C)(C)N1C(=O)C2CCCCC2C1=O. The Hall–Kier alpha value is -0.900. The number of fused-ring (bicyclic) bond motifs is 1. The Morgan fingerprint density at radius 3 is 1.94 bits per heavy atom. The minimum absolute atomic E-state index is 0.0781. The highest BCUT2D eigenvalue weighted by Gasteiger charge is 2.53. The van der Waals surface area contributed by atoms with Crippen LogP contribution in [0.4, 0.5) is 0 Å². The molecule has 0 bridgehead atoms. The number of aliphatic hydroxyl groups excluding tert-OH is 1. The Morgan fingerprint density at radius 1 is 1.18 bits per heavy atom. The Bertz CT molecular complexity index is 325. The maximum atomic E-state index is 12.3. The number of hydrogen-bond donors (Lipinski definition) is 1. The molecule has 1 saturated heterocycles. The maximum absolute atomic E-state index is 12.3. The second-order valence-electron chi connectivity index (χ2n) is 5.84. The molecule has 2 aliphatic rings. The highest BCUT2D eigenvalue weighted by atomic mass is 16.3. The van der Waals surface area contributed by atoms with Crippen LogP contribution in [0.15, 0.2) is 0 Å². The molecule has 2 amide bonds. The van der Waals surface area contributed by atoms with Gasteiger partial charge in [0.15, 0.2) is 0 Å². The molecule has 1 saturated carbocycles. The first kappa shape index (κ1) is 12.6. The number of carbonyl (C=O) groups excluding carboxylic acids is 2. The molecule has 1 N–H and O–H groups in total. The summed E-state index contributed by atoms with van der Waals surface area (Å²) < 4.78 is 0. The molecule has 0 spiro atoms. The molecule has 0 aromatic heterocycles. The van der Waals surface area contributed by atoms with E-state index in [9.17, 15) is 14.7 Å². The number of aliphatic hydroxyl groups is 1. The second-order valence-corrected chi connectivity index (χ2v) is 5.84. The van der Waals surface area contributed by atoms with Crippen LogP contribution in [-0.4, -0.2) is 33.5 Å². The molecule has 2 fully saturated rings. The van der Waals surface area contributed by atoms with E-state index in [-0.39, 0.29) is 23.7 Å². The zero-order chi connectivity index (χ0) is 12.8. The molecule has 1 aliphatic heterocycles. The van der Waals surface area contributed by atoms with Crippen LogP contribution in [0.3, 0.4) is 0 Å². The summed E-state index contributed by atoms with van der Waals surface area (Å²) in [7, 11) is 0. The summed E-state index contributed by atoms with van der Waals surface area (Å²) in [6.07, 6.45) is 2.99. The van der Waals surface area contributed by atoms with Crippen molar-refractivity contribution in [2.24, 2.45) is 11.8 Å². The van der Waals surface area contributed by atoms with Gasteiger partial charge in [-0.15, -0.1) is 0 Å². The first-order valence-corrected chi connectivity index (χ1v) is 6.43. The Balaban J connectivity index is 2.30. The topological polar surface area (TPSA) is 57.6 Å². The smallest absolute Gasteiger partial charge is 0.233 e. The lowest BCUT2D eigenvalue weighted by Gasteiger charge is -2.36. The van der Waals surface area contributed by atoms with Gasteiger partial charge in [-0.05, 0) is 33.6 Å². The summed E-state index contributed by atoms with van der Waals surface area (Å²) in [6, 6.07) is 0. The van der Waals surface area contributed by atoms with Crippen molar-refractivity contribution < 1.29 is 14.7 Å². The minimum atomic E-state index is -0.800. The number of likely N-dealkylation sites (tertiary alicyclic amines) is 1. The number of hydrogen-bond acceptors (Lipinski definition) is 3. The van der Waals surface area contributed by atoms with Crippen LogP contribution in [-0.2, 0) is 9.59 Å². The fourth-order valence-corrected chi connectivity index (χ4v) is 2.92. The summed E-state index contributed by atoms with van der Waals surface area (Å²) in [5.41, 5.74) is -0.800. The minimum Gasteiger partial charge on any atom is -0.391 e. The average Bonchev–Trinajstić information content (AvgIpc) is 2.52. The summed E-state index contributed by atoms with van der Waals surface area (Å²) in [5.74, 6) is -0.417. The molecule has 1 aliphatic carbocycles. The van der Waals surface area contributed by atoms with Gasteiger partial charge in [-0.3, -0.25) is 14.5 Å². The molecule has 96 valence electrons. The monoisotopic (exact) mass is 239 g/mol. The van der Waals surface area contributed by atoms with Gasteiger partial charge in [0.2, 0.25) is 11.8 Å². The number of rotatable bonds is 2. The van der Waals surface area contributed by atoms with Gasteiger partial charge in [-0.25, -0.2) is 0 Å². The highest BCUT2D eigenvalue weighted by Crippen LogP contribution is 2.41. The van der Waals surface area contributed by atoms with E-state index in [1.807, 2.05) is 0 Å². The molecule has 3 unspecified atom stereocenters. The van der Waals surface area contributed by atoms with E-state index >= 15 is 0 Å². The van der Waals surface area contributed by atoms with Gasteiger partial charge < -0.3 is 5.11 Å². The fourth-order valence-electron chi connectivity index (χ4n) is 2.92. The van der Waals surface area contributed by atoms with Gasteiger partial charge in [-0.1, -0.05) is 12.8 Å². The Labute approximate surface area is 102 Å². The number of imide groups is 1. The molecule has 17 heavy (non-hydrogen) atoms. The van der Waals surface area contributed by atoms with Gasteiger partial charge >= 0.3 is 0 Å². The molecule has 4 heteroatoms. The van der Waals surface area contributed by atoms with Gasteiger partial charge in [0.05, 0.1) is 23.5 Å². The lowest BCUT2D eigenvalue weighted by atomic mass is 9.81. The van der Waals surface area contributed by atoms with Gasteiger partial charge in [0, 0.05) is 0 Å². The van der Waals surface area contributed by atoms with E-state index in [1.165, 1.54) is 4.90 Å². The standard InChI is InChI=1S/C13H21NO3/c1-8(15)13(2,3)14-11(16)9-6-4-5-7-10(9)12(14)17/h8-10,15H,4-7H2,1-3H3. The zero-order valence-electron chi connectivity index (χ0n) is 10.8. The van der Waals surface area contributed by atoms with Crippen LogP contribution in [0.1, 0.15) is 46.5 Å². The molecule has 3 atom stereocenters. The summed E-state index contributed by atoms with van der Waals surface area (Å²) in [4.78, 5) is 25.9. The molecule has 2 rings (SSSR count). The third-order valence-corrected chi connectivity index (χ3v) is 4.44. The normalized spacial score (nSPS) is 31.6. The zero-order valence-corrected chi connectivity index (χ0v) is 10.8. The quantitative estimate of drug-likeness (QED) is 0.739. The average molecular weight is 239 g/mol. The van der Waals surface area contributed by atoms with Crippen molar-refractivity contribution in [3.63, 3.8) is 0 Å². The number of amides is 2. The first-order valence-electron chi connectivity index (χ1n) is 6.43. The van der Waals surface area contributed by atoms with Crippen LogP contribution in [0.25, 0.3) is 0 Å². The first-order chi connectivity index (χ1) is 7.87. The molecule has 0 aromatic rings. The van der Waals surface area contributed by atoms with E-state index in [0.717, 1.165) is 25.7 Å². The summed E-state index contributed by atoms with van der Waals surface area (Å²) >= 11 is 0. The van der Waals surface area contributed by atoms with Crippen LogP contribution < -0.4 is 0 Å². The molecule has 0 radical (unpaired) electrons. The van der Waals surface area contributed by atoms with E-state index in [1.54, 1.807) is 20.8 Å².